The number of amides is 1. The number of pyridine rings is 1. The summed E-state index contributed by atoms with van der Waals surface area (Å²) in [7, 11) is 1.71. The quantitative estimate of drug-likeness (QED) is 0.781. The van der Waals surface area contributed by atoms with Gasteiger partial charge < -0.3 is 15.6 Å². The van der Waals surface area contributed by atoms with Gasteiger partial charge in [-0.1, -0.05) is 0 Å². The molecule has 1 atom stereocenters. The van der Waals surface area contributed by atoms with Gasteiger partial charge >= 0.3 is 0 Å². The number of carbonyl (C=O) groups is 1. The highest BCUT2D eigenvalue weighted by molar-refractivity contribution is 5.93. The lowest BCUT2D eigenvalue weighted by molar-refractivity contribution is 0.0717. The first-order valence-corrected chi connectivity index (χ1v) is 5.79. The van der Waals surface area contributed by atoms with Crippen LogP contribution in [-0.4, -0.2) is 35.4 Å². The molecular weight excluding hydrogens is 218 g/mol. The third-order valence-corrected chi connectivity index (χ3v) is 3.28. The Morgan fingerprint density at radius 3 is 2.88 bits per heavy atom. The average Bonchev–Trinajstić information content (AvgIpc) is 3.14. The largest absolute Gasteiger partial charge is 0.367 e. The van der Waals surface area contributed by atoms with E-state index < -0.39 is 0 Å². The number of H-pyrrole nitrogens is 1. The number of nitrogens with one attached hydrogen (secondary N) is 1. The summed E-state index contributed by atoms with van der Waals surface area (Å²) in [4.78, 5) is 28.1. The predicted molar refractivity (Wildman–Crippen MR) is 64.7 cm³/mol. The van der Waals surface area contributed by atoms with E-state index in [0.717, 1.165) is 12.8 Å². The first-order valence-electron chi connectivity index (χ1n) is 5.79. The van der Waals surface area contributed by atoms with E-state index in [1.54, 1.807) is 11.9 Å². The summed E-state index contributed by atoms with van der Waals surface area (Å²) in [5.41, 5.74) is 5.61. The first kappa shape index (κ1) is 11.9. The van der Waals surface area contributed by atoms with Gasteiger partial charge in [0.2, 0.25) is 0 Å². The summed E-state index contributed by atoms with van der Waals surface area (Å²) in [5, 5.41) is 0. The van der Waals surface area contributed by atoms with Crippen molar-refractivity contribution in [2.75, 3.05) is 13.6 Å². The zero-order valence-electron chi connectivity index (χ0n) is 9.85. The molecule has 2 rings (SSSR count). The molecule has 3 N–H and O–H groups in total. The highest BCUT2D eigenvalue weighted by Gasteiger charge is 2.35. The number of rotatable bonds is 4. The van der Waals surface area contributed by atoms with Gasteiger partial charge in [0.05, 0.1) is 0 Å². The van der Waals surface area contributed by atoms with Crippen LogP contribution < -0.4 is 11.2 Å². The van der Waals surface area contributed by atoms with Crippen molar-refractivity contribution < 1.29 is 4.79 Å². The SMILES string of the molecule is CN(C(=O)c1c[nH]ccc1=O)C(CN)C1CC1. The van der Waals surface area contributed by atoms with Crippen LogP contribution in [0.5, 0.6) is 0 Å². The summed E-state index contributed by atoms with van der Waals surface area (Å²) in [6, 6.07) is 1.40. The molecule has 1 unspecified atom stereocenters. The topological polar surface area (TPSA) is 79.2 Å². The normalized spacial score (nSPS) is 16.6. The van der Waals surface area contributed by atoms with Gasteiger partial charge in [-0.3, -0.25) is 9.59 Å². The Hall–Kier alpha value is -1.62. The first-order chi connectivity index (χ1) is 8.15. The number of likely N-dealkylation sites (N-methyl/N-ethyl adjacent to an activating group) is 1. The number of nitrogens with zero attached hydrogens (tertiary/aromatic N) is 1. The van der Waals surface area contributed by atoms with E-state index in [1.807, 2.05) is 0 Å². The smallest absolute Gasteiger partial charge is 0.259 e. The van der Waals surface area contributed by atoms with Gasteiger partial charge in [0.15, 0.2) is 5.43 Å². The van der Waals surface area contributed by atoms with E-state index in [1.165, 1.54) is 18.5 Å². The van der Waals surface area contributed by atoms with Crippen LogP contribution in [0.15, 0.2) is 23.3 Å². The Morgan fingerprint density at radius 1 is 1.65 bits per heavy atom. The molecular formula is C12H17N3O2. The van der Waals surface area contributed by atoms with Crippen molar-refractivity contribution in [2.45, 2.75) is 18.9 Å². The molecule has 0 aromatic carbocycles. The standard InChI is InChI=1S/C12H17N3O2/c1-15(10(6-13)8-2-3-8)12(17)9-7-14-5-4-11(9)16/h4-5,7-8,10H,2-3,6,13H2,1H3,(H,14,16). The lowest BCUT2D eigenvalue weighted by atomic mass is 10.1. The fraction of sp³-hybridized carbons (Fsp3) is 0.500. The van der Waals surface area contributed by atoms with Crippen molar-refractivity contribution >= 4 is 5.91 Å². The maximum absolute atomic E-state index is 12.1. The van der Waals surface area contributed by atoms with Crippen molar-refractivity contribution in [1.29, 1.82) is 0 Å². The van der Waals surface area contributed by atoms with Crippen LogP contribution in [0.25, 0.3) is 0 Å². The van der Waals surface area contributed by atoms with Crippen molar-refractivity contribution in [3.63, 3.8) is 0 Å². The maximum atomic E-state index is 12.1. The molecule has 1 fully saturated rings. The highest BCUT2D eigenvalue weighted by atomic mass is 16.2. The van der Waals surface area contributed by atoms with E-state index in [-0.39, 0.29) is 22.9 Å². The number of hydrogen-bond acceptors (Lipinski definition) is 3. The summed E-state index contributed by atoms with van der Waals surface area (Å²) >= 11 is 0. The van der Waals surface area contributed by atoms with E-state index in [4.69, 9.17) is 5.73 Å². The minimum Gasteiger partial charge on any atom is -0.367 e. The van der Waals surface area contributed by atoms with Gasteiger partial charge in [-0.25, -0.2) is 0 Å². The van der Waals surface area contributed by atoms with Gasteiger partial charge in [-0.15, -0.1) is 0 Å². The van der Waals surface area contributed by atoms with E-state index in [0.29, 0.717) is 12.5 Å². The molecule has 0 radical (unpaired) electrons. The number of hydrogen-bond donors (Lipinski definition) is 2. The Labute approximate surface area is 99.6 Å². The second-order valence-electron chi connectivity index (χ2n) is 4.48. The summed E-state index contributed by atoms with van der Waals surface area (Å²) in [6.45, 7) is 0.442. The monoisotopic (exact) mass is 235 g/mol. The third-order valence-electron chi connectivity index (χ3n) is 3.28. The molecule has 1 amide bonds. The van der Waals surface area contributed by atoms with Gasteiger partial charge in [-0.2, -0.15) is 0 Å². The van der Waals surface area contributed by atoms with Crippen LogP contribution in [0.3, 0.4) is 0 Å². The minimum atomic E-state index is -0.257. The van der Waals surface area contributed by atoms with Gasteiger partial charge in [-0.05, 0) is 18.8 Å². The van der Waals surface area contributed by atoms with Crippen LogP contribution in [0, 0.1) is 5.92 Å². The van der Waals surface area contributed by atoms with E-state index in [9.17, 15) is 9.59 Å². The van der Waals surface area contributed by atoms with Gasteiger partial charge in [0.25, 0.3) is 5.91 Å². The maximum Gasteiger partial charge on any atom is 0.259 e. The molecule has 1 saturated carbocycles. The number of aromatic nitrogens is 1. The zero-order valence-corrected chi connectivity index (χ0v) is 9.85. The van der Waals surface area contributed by atoms with Crippen molar-refractivity contribution in [2.24, 2.45) is 11.7 Å². The molecule has 1 aliphatic carbocycles. The number of nitrogens with two attached hydrogens (primary N) is 1. The molecule has 5 heteroatoms. The summed E-state index contributed by atoms with van der Waals surface area (Å²) in [5.74, 6) is 0.242. The fourth-order valence-corrected chi connectivity index (χ4v) is 2.07. The molecule has 5 nitrogen and oxygen atoms in total. The Balaban J connectivity index is 2.19. The Morgan fingerprint density at radius 2 is 2.35 bits per heavy atom. The second kappa shape index (κ2) is 4.71. The summed E-state index contributed by atoms with van der Waals surface area (Å²) < 4.78 is 0. The molecule has 92 valence electrons. The molecule has 0 bridgehead atoms. The van der Waals surface area contributed by atoms with Crippen molar-refractivity contribution in [3.05, 3.63) is 34.2 Å². The second-order valence-corrected chi connectivity index (χ2v) is 4.48. The van der Waals surface area contributed by atoms with Crippen LogP contribution in [0.2, 0.25) is 0 Å². The lowest BCUT2D eigenvalue weighted by Gasteiger charge is -2.26. The fourth-order valence-electron chi connectivity index (χ4n) is 2.07. The van der Waals surface area contributed by atoms with Crippen molar-refractivity contribution in [3.8, 4) is 0 Å². The van der Waals surface area contributed by atoms with Crippen LogP contribution in [0.1, 0.15) is 23.2 Å². The molecule has 0 saturated heterocycles. The highest BCUT2D eigenvalue weighted by Crippen LogP contribution is 2.34. The number of aromatic amines is 1. The van der Waals surface area contributed by atoms with Crippen molar-refractivity contribution in [1.82, 2.24) is 9.88 Å². The predicted octanol–water partition coefficient (Wildman–Crippen LogP) is 0.184. The van der Waals surface area contributed by atoms with E-state index >= 15 is 0 Å². The zero-order chi connectivity index (χ0) is 12.4. The lowest BCUT2D eigenvalue weighted by Crippen LogP contribution is -2.44. The molecule has 17 heavy (non-hydrogen) atoms. The Bertz CT molecular complexity index is 465. The number of carbonyl (C=O) groups excluding carboxylic acids is 1. The van der Waals surface area contributed by atoms with E-state index in [2.05, 4.69) is 4.98 Å². The molecule has 1 aromatic heterocycles. The molecule has 0 spiro atoms. The van der Waals surface area contributed by atoms with Crippen LogP contribution in [0.4, 0.5) is 0 Å². The van der Waals surface area contributed by atoms with Crippen LogP contribution >= 0.6 is 0 Å². The average molecular weight is 235 g/mol. The van der Waals surface area contributed by atoms with Gasteiger partial charge in [0.1, 0.15) is 5.56 Å². The molecule has 1 aliphatic rings. The molecule has 1 heterocycles. The Kier molecular flexibility index (Phi) is 3.28. The minimum absolute atomic E-state index is 0.0436. The molecule has 1 aromatic rings. The summed E-state index contributed by atoms with van der Waals surface area (Å²) in [6.07, 6.45) is 5.19. The van der Waals surface area contributed by atoms with Gasteiger partial charge in [0, 0.05) is 38.1 Å². The van der Waals surface area contributed by atoms with Crippen LogP contribution in [-0.2, 0) is 0 Å². The molecule has 0 aliphatic heterocycles. The third kappa shape index (κ3) is 2.39.